The van der Waals surface area contributed by atoms with Gasteiger partial charge in [-0.15, -0.1) is 11.8 Å². The minimum Gasteiger partial charge on any atom is -0.389 e. The molecule has 1 aliphatic rings. The molecule has 0 atom stereocenters. The van der Waals surface area contributed by atoms with Gasteiger partial charge in [-0.3, -0.25) is 4.79 Å². The van der Waals surface area contributed by atoms with E-state index in [-0.39, 0.29) is 12.3 Å². The highest BCUT2D eigenvalue weighted by atomic mass is 32.2. The van der Waals surface area contributed by atoms with Gasteiger partial charge in [0.25, 0.3) is 0 Å². The maximum absolute atomic E-state index is 11.8. The van der Waals surface area contributed by atoms with Crippen molar-refractivity contribution in [1.29, 1.82) is 0 Å². The number of nitrogens with one attached hydrogen (secondary N) is 1. The lowest BCUT2D eigenvalue weighted by molar-refractivity contribution is -0.125. The molecule has 1 saturated carbocycles. The zero-order chi connectivity index (χ0) is 14.3. The number of amides is 1. The predicted octanol–water partition coefficient (Wildman–Crippen LogP) is 2.98. The summed E-state index contributed by atoms with van der Waals surface area (Å²) >= 11 is 1.80. The van der Waals surface area contributed by atoms with E-state index in [0.29, 0.717) is 6.54 Å². The van der Waals surface area contributed by atoms with E-state index >= 15 is 0 Å². The lowest BCUT2D eigenvalue weighted by Gasteiger charge is -2.21. The van der Waals surface area contributed by atoms with Gasteiger partial charge in [-0.1, -0.05) is 31.0 Å². The van der Waals surface area contributed by atoms with Crippen LogP contribution in [0.15, 0.2) is 35.2 Å². The summed E-state index contributed by atoms with van der Waals surface area (Å²) < 4.78 is 0. The van der Waals surface area contributed by atoms with Crippen molar-refractivity contribution in [3.63, 3.8) is 0 Å². The Morgan fingerprint density at radius 3 is 2.65 bits per heavy atom. The fourth-order valence-electron chi connectivity index (χ4n) is 2.58. The third kappa shape index (κ3) is 5.17. The summed E-state index contributed by atoms with van der Waals surface area (Å²) in [4.78, 5) is 13.0. The van der Waals surface area contributed by atoms with Crippen molar-refractivity contribution in [3.8, 4) is 0 Å². The monoisotopic (exact) mass is 293 g/mol. The number of carbonyl (C=O) groups excluding carboxylic acids is 1. The average molecular weight is 293 g/mol. The van der Waals surface area contributed by atoms with E-state index < -0.39 is 5.60 Å². The van der Waals surface area contributed by atoms with Crippen LogP contribution in [0.1, 0.15) is 38.5 Å². The second-order valence-corrected chi connectivity index (χ2v) is 6.64. The molecule has 1 aromatic rings. The second kappa shape index (κ2) is 7.70. The van der Waals surface area contributed by atoms with Gasteiger partial charge >= 0.3 is 0 Å². The summed E-state index contributed by atoms with van der Waals surface area (Å²) in [5, 5.41) is 13.1. The lowest BCUT2D eigenvalue weighted by Crippen LogP contribution is -2.35. The average Bonchev–Trinajstić information content (AvgIpc) is 2.86. The van der Waals surface area contributed by atoms with Gasteiger partial charge < -0.3 is 10.4 Å². The van der Waals surface area contributed by atoms with E-state index in [0.717, 1.165) is 37.9 Å². The first kappa shape index (κ1) is 15.4. The third-order valence-corrected chi connectivity index (χ3v) is 4.78. The third-order valence-electron chi connectivity index (χ3n) is 3.68. The van der Waals surface area contributed by atoms with Crippen molar-refractivity contribution in [3.05, 3.63) is 30.3 Å². The van der Waals surface area contributed by atoms with Crippen LogP contribution in [0.4, 0.5) is 0 Å². The highest BCUT2D eigenvalue weighted by Crippen LogP contribution is 2.32. The van der Waals surface area contributed by atoms with Crippen LogP contribution in [0.3, 0.4) is 0 Å². The highest BCUT2D eigenvalue weighted by molar-refractivity contribution is 7.99. The Bertz CT molecular complexity index is 416. The van der Waals surface area contributed by atoms with E-state index in [4.69, 9.17) is 0 Å². The Morgan fingerprint density at radius 1 is 1.25 bits per heavy atom. The van der Waals surface area contributed by atoms with Crippen molar-refractivity contribution < 1.29 is 9.90 Å². The minimum absolute atomic E-state index is 0.0147. The SMILES string of the molecule is O=C(CC1(O)CCCC1)NCCCSc1ccccc1. The fourth-order valence-corrected chi connectivity index (χ4v) is 3.45. The highest BCUT2D eigenvalue weighted by Gasteiger charge is 2.33. The first-order valence-corrected chi connectivity index (χ1v) is 8.33. The number of rotatable bonds is 7. The van der Waals surface area contributed by atoms with Gasteiger partial charge in [0.15, 0.2) is 0 Å². The van der Waals surface area contributed by atoms with Crippen LogP contribution < -0.4 is 5.32 Å². The van der Waals surface area contributed by atoms with E-state index in [1.165, 1.54) is 4.90 Å². The largest absolute Gasteiger partial charge is 0.389 e. The Labute approximate surface area is 125 Å². The Morgan fingerprint density at radius 2 is 1.95 bits per heavy atom. The smallest absolute Gasteiger partial charge is 0.222 e. The topological polar surface area (TPSA) is 49.3 Å². The molecule has 0 heterocycles. The maximum atomic E-state index is 11.8. The minimum atomic E-state index is -0.733. The van der Waals surface area contributed by atoms with Crippen molar-refractivity contribution in [1.82, 2.24) is 5.32 Å². The van der Waals surface area contributed by atoms with Gasteiger partial charge in [-0.25, -0.2) is 0 Å². The normalized spacial score (nSPS) is 17.1. The molecule has 110 valence electrons. The molecular formula is C16H23NO2S. The van der Waals surface area contributed by atoms with Crippen LogP contribution >= 0.6 is 11.8 Å². The molecule has 0 aromatic heterocycles. The van der Waals surface area contributed by atoms with E-state index in [1.807, 2.05) is 18.2 Å². The zero-order valence-corrected chi connectivity index (χ0v) is 12.6. The molecule has 1 aliphatic carbocycles. The van der Waals surface area contributed by atoms with Crippen LogP contribution in [0.25, 0.3) is 0 Å². The molecule has 20 heavy (non-hydrogen) atoms. The van der Waals surface area contributed by atoms with Gasteiger partial charge in [0, 0.05) is 11.4 Å². The summed E-state index contributed by atoms with van der Waals surface area (Å²) in [6.07, 6.45) is 4.83. The van der Waals surface area contributed by atoms with E-state index in [1.54, 1.807) is 11.8 Å². The van der Waals surface area contributed by atoms with Crippen LogP contribution in [0, 0.1) is 0 Å². The molecule has 2 rings (SSSR count). The number of aliphatic hydroxyl groups is 1. The molecule has 2 N–H and O–H groups in total. The van der Waals surface area contributed by atoms with Crippen molar-refractivity contribution >= 4 is 17.7 Å². The summed E-state index contributed by atoms with van der Waals surface area (Å²) in [6, 6.07) is 10.3. The number of hydrogen-bond donors (Lipinski definition) is 2. The summed E-state index contributed by atoms with van der Waals surface area (Å²) in [6.45, 7) is 0.689. The molecule has 1 aromatic carbocycles. The van der Waals surface area contributed by atoms with Crippen LogP contribution in [0.5, 0.6) is 0 Å². The van der Waals surface area contributed by atoms with Crippen molar-refractivity contribution in [2.24, 2.45) is 0 Å². The molecule has 0 spiro atoms. The molecule has 3 nitrogen and oxygen atoms in total. The maximum Gasteiger partial charge on any atom is 0.222 e. The molecular weight excluding hydrogens is 270 g/mol. The zero-order valence-electron chi connectivity index (χ0n) is 11.8. The lowest BCUT2D eigenvalue weighted by atomic mass is 9.98. The van der Waals surface area contributed by atoms with Crippen LogP contribution in [0.2, 0.25) is 0 Å². The number of thioether (sulfide) groups is 1. The predicted molar refractivity (Wildman–Crippen MR) is 82.8 cm³/mol. The Hall–Kier alpha value is -1.00. The first-order valence-electron chi connectivity index (χ1n) is 7.35. The van der Waals surface area contributed by atoms with Gasteiger partial charge in [0.1, 0.15) is 0 Å². The number of hydrogen-bond acceptors (Lipinski definition) is 3. The molecule has 0 unspecified atom stereocenters. The Kier molecular flexibility index (Phi) is 5.92. The van der Waals surface area contributed by atoms with E-state index in [9.17, 15) is 9.90 Å². The molecule has 0 aliphatic heterocycles. The number of carbonyl (C=O) groups is 1. The molecule has 4 heteroatoms. The summed E-state index contributed by atoms with van der Waals surface area (Å²) in [5.74, 6) is 0.980. The van der Waals surface area contributed by atoms with Gasteiger partial charge in [0.2, 0.25) is 5.91 Å². The quantitative estimate of drug-likeness (QED) is 0.600. The fraction of sp³-hybridized carbons (Fsp3) is 0.562. The van der Waals surface area contributed by atoms with Gasteiger partial charge in [-0.05, 0) is 37.1 Å². The van der Waals surface area contributed by atoms with E-state index in [2.05, 4.69) is 17.4 Å². The Balaban J connectivity index is 1.55. The van der Waals surface area contributed by atoms with Crippen LogP contribution in [-0.2, 0) is 4.79 Å². The molecule has 1 fully saturated rings. The number of benzene rings is 1. The second-order valence-electron chi connectivity index (χ2n) is 5.47. The van der Waals surface area contributed by atoms with Crippen molar-refractivity contribution in [2.45, 2.75) is 49.0 Å². The standard InChI is InChI=1S/C16H23NO2S/c18-15(13-16(19)9-4-5-10-16)17-11-6-12-20-14-7-2-1-3-8-14/h1-3,7-8,19H,4-6,9-13H2,(H,17,18). The molecule has 0 radical (unpaired) electrons. The molecule has 0 saturated heterocycles. The first-order chi connectivity index (χ1) is 9.68. The summed E-state index contributed by atoms with van der Waals surface area (Å²) in [5.41, 5.74) is -0.733. The molecule has 1 amide bonds. The summed E-state index contributed by atoms with van der Waals surface area (Å²) in [7, 11) is 0. The van der Waals surface area contributed by atoms with Gasteiger partial charge in [0.05, 0.1) is 12.0 Å². The molecule has 0 bridgehead atoms. The van der Waals surface area contributed by atoms with Crippen LogP contribution in [-0.4, -0.2) is 28.9 Å². The van der Waals surface area contributed by atoms with Gasteiger partial charge in [-0.2, -0.15) is 0 Å². The van der Waals surface area contributed by atoms with Crippen molar-refractivity contribution in [2.75, 3.05) is 12.3 Å².